The highest BCUT2D eigenvalue weighted by atomic mass is 32.1. The lowest BCUT2D eigenvalue weighted by atomic mass is 10.2. The Balaban J connectivity index is 1.61. The molecule has 0 aliphatic carbocycles. The van der Waals surface area contributed by atoms with Crippen LogP contribution in [0.3, 0.4) is 0 Å². The number of aromatic nitrogens is 3. The van der Waals surface area contributed by atoms with E-state index in [2.05, 4.69) is 10.1 Å². The van der Waals surface area contributed by atoms with E-state index in [4.69, 9.17) is 0 Å². The number of anilines is 1. The molecule has 2 aromatic heterocycles. The summed E-state index contributed by atoms with van der Waals surface area (Å²) < 4.78 is 2.86. The molecular formula is C23H21N5O3S. The molecule has 2 aromatic carbocycles. The van der Waals surface area contributed by atoms with Gasteiger partial charge in [-0.1, -0.05) is 35.6 Å². The molecule has 0 fully saturated rings. The fraction of sp³-hybridized carbons (Fsp3) is 0.174. The van der Waals surface area contributed by atoms with Crippen molar-refractivity contribution in [1.29, 1.82) is 0 Å². The summed E-state index contributed by atoms with van der Waals surface area (Å²) in [5.41, 5.74) is 3.33. The third kappa shape index (κ3) is 4.73. The molecule has 0 radical (unpaired) electrons. The fourth-order valence-electron chi connectivity index (χ4n) is 3.37. The molecule has 2 heterocycles. The molecule has 1 amide bonds. The van der Waals surface area contributed by atoms with Gasteiger partial charge in [0.25, 0.3) is 11.6 Å². The largest absolute Gasteiger partial charge is 0.283 e. The van der Waals surface area contributed by atoms with E-state index >= 15 is 0 Å². The van der Waals surface area contributed by atoms with Crippen LogP contribution in [-0.4, -0.2) is 32.1 Å². The molecule has 0 N–H and O–H groups in total. The molecule has 4 aromatic rings. The van der Waals surface area contributed by atoms with Crippen LogP contribution >= 0.6 is 11.3 Å². The second-order valence-electron chi connectivity index (χ2n) is 7.29. The summed E-state index contributed by atoms with van der Waals surface area (Å²) in [4.78, 5) is 30.0. The number of rotatable bonds is 7. The Kier molecular flexibility index (Phi) is 6.09. The van der Waals surface area contributed by atoms with Crippen LogP contribution in [0.25, 0.3) is 16.3 Å². The zero-order chi connectivity index (χ0) is 22.7. The topological polar surface area (TPSA) is 94.2 Å². The van der Waals surface area contributed by atoms with Crippen molar-refractivity contribution in [3.8, 4) is 0 Å². The molecule has 32 heavy (non-hydrogen) atoms. The van der Waals surface area contributed by atoms with Gasteiger partial charge in [0, 0.05) is 30.4 Å². The Labute approximate surface area is 188 Å². The van der Waals surface area contributed by atoms with E-state index in [0.29, 0.717) is 23.8 Å². The number of nitro groups is 1. The molecule has 0 bridgehead atoms. The van der Waals surface area contributed by atoms with Crippen molar-refractivity contribution in [2.24, 2.45) is 0 Å². The molecule has 0 aliphatic rings. The van der Waals surface area contributed by atoms with Gasteiger partial charge in [-0.3, -0.25) is 24.5 Å². The van der Waals surface area contributed by atoms with E-state index < -0.39 is 4.92 Å². The van der Waals surface area contributed by atoms with E-state index in [9.17, 15) is 14.9 Å². The van der Waals surface area contributed by atoms with Crippen molar-refractivity contribution >= 4 is 44.4 Å². The van der Waals surface area contributed by atoms with Crippen LogP contribution in [0.1, 0.15) is 17.0 Å². The predicted molar refractivity (Wildman–Crippen MR) is 126 cm³/mol. The molecule has 0 unspecified atom stereocenters. The van der Waals surface area contributed by atoms with E-state index in [0.717, 1.165) is 21.6 Å². The summed E-state index contributed by atoms with van der Waals surface area (Å²) in [6.45, 7) is 4.82. The van der Waals surface area contributed by atoms with Crippen LogP contribution in [0, 0.1) is 24.0 Å². The number of hydrogen-bond donors (Lipinski definition) is 0. The van der Waals surface area contributed by atoms with Gasteiger partial charge in [-0.15, -0.1) is 0 Å². The lowest BCUT2D eigenvalue weighted by Gasteiger charge is -2.18. The maximum absolute atomic E-state index is 13.2. The Morgan fingerprint density at radius 2 is 2.00 bits per heavy atom. The normalized spacial score (nSPS) is 11.3. The standard InChI is InChI=1S/C23H21N5O3S/c1-16-14-17(2)27(25-16)13-12-26(23-24-20-8-3-4-9-21(20)32-23)22(29)11-10-18-6-5-7-19(15-18)28(30)31/h3-11,14-15H,12-13H2,1-2H3/b11-10+. The van der Waals surface area contributed by atoms with Gasteiger partial charge in [0.15, 0.2) is 5.13 Å². The minimum atomic E-state index is -0.457. The summed E-state index contributed by atoms with van der Waals surface area (Å²) in [6.07, 6.45) is 3.01. The minimum absolute atomic E-state index is 0.0212. The van der Waals surface area contributed by atoms with Crippen LogP contribution in [0.15, 0.2) is 60.7 Å². The number of thiazole rings is 1. The van der Waals surface area contributed by atoms with E-state index in [1.165, 1.54) is 29.5 Å². The monoisotopic (exact) mass is 447 g/mol. The van der Waals surface area contributed by atoms with Crippen LogP contribution in [0.4, 0.5) is 10.8 Å². The van der Waals surface area contributed by atoms with E-state index in [1.54, 1.807) is 23.1 Å². The van der Waals surface area contributed by atoms with Gasteiger partial charge in [0.05, 0.1) is 27.4 Å². The maximum atomic E-state index is 13.2. The number of carbonyl (C=O) groups excluding carboxylic acids is 1. The number of nitrogens with zero attached hydrogens (tertiary/aromatic N) is 5. The number of hydrogen-bond acceptors (Lipinski definition) is 6. The number of nitro benzene ring substituents is 1. The average molecular weight is 448 g/mol. The highest BCUT2D eigenvalue weighted by Crippen LogP contribution is 2.29. The van der Waals surface area contributed by atoms with Crippen molar-refractivity contribution in [3.05, 3.63) is 87.7 Å². The molecule has 0 atom stereocenters. The van der Waals surface area contributed by atoms with Crippen molar-refractivity contribution in [3.63, 3.8) is 0 Å². The quantitative estimate of drug-likeness (QED) is 0.231. The Bertz CT molecular complexity index is 1290. The number of benzene rings is 2. The van der Waals surface area contributed by atoms with Crippen molar-refractivity contribution in [2.45, 2.75) is 20.4 Å². The van der Waals surface area contributed by atoms with Crippen LogP contribution in [0.2, 0.25) is 0 Å². The molecule has 9 heteroatoms. The highest BCUT2D eigenvalue weighted by molar-refractivity contribution is 7.22. The molecule has 4 rings (SSSR count). The van der Waals surface area contributed by atoms with Gasteiger partial charge < -0.3 is 0 Å². The lowest BCUT2D eigenvalue weighted by Crippen LogP contribution is -2.33. The zero-order valence-corrected chi connectivity index (χ0v) is 18.5. The summed E-state index contributed by atoms with van der Waals surface area (Å²) in [5, 5.41) is 16.1. The molecule has 162 valence electrons. The van der Waals surface area contributed by atoms with E-state index in [1.807, 2.05) is 48.9 Å². The number of carbonyl (C=O) groups is 1. The summed E-state index contributed by atoms with van der Waals surface area (Å²) >= 11 is 1.45. The van der Waals surface area contributed by atoms with Crippen molar-refractivity contribution < 1.29 is 9.72 Å². The predicted octanol–water partition coefficient (Wildman–Crippen LogP) is 4.76. The SMILES string of the molecule is Cc1cc(C)n(CCN(C(=O)/C=C/c2cccc([N+](=O)[O-])c2)c2nc3ccccc3s2)n1. The third-order valence-electron chi connectivity index (χ3n) is 4.92. The summed E-state index contributed by atoms with van der Waals surface area (Å²) in [6, 6.07) is 15.9. The Morgan fingerprint density at radius 1 is 1.19 bits per heavy atom. The first-order valence-electron chi connectivity index (χ1n) is 10.0. The average Bonchev–Trinajstić information content (AvgIpc) is 3.34. The molecule has 0 saturated carbocycles. The van der Waals surface area contributed by atoms with Gasteiger partial charge in [-0.05, 0) is 43.7 Å². The molecule has 0 aliphatic heterocycles. The first kappa shape index (κ1) is 21.4. The first-order chi connectivity index (χ1) is 15.4. The third-order valence-corrected chi connectivity index (χ3v) is 5.98. The number of non-ortho nitro benzene ring substituents is 1. The summed E-state index contributed by atoms with van der Waals surface area (Å²) in [5.74, 6) is -0.253. The van der Waals surface area contributed by atoms with Crippen molar-refractivity contribution in [1.82, 2.24) is 14.8 Å². The molecular weight excluding hydrogens is 426 g/mol. The van der Waals surface area contributed by atoms with Gasteiger partial charge in [-0.25, -0.2) is 4.98 Å². The lowest BCUT2D eigenvalue weighted by molar-refractivity contribution is -0.384. The van der Waals surface area contributed by atoms with Crippen LogP contribution in [-0.2, 0) is 11.3 Å². The van der Waals surface area contributed by atoms with Gasteiger partial charge in [0.2, 0.25) is 0 Å². The Hall–Kier alpha value is -3.85. The second kappa shape index (κ2) is 9.11. The maximum Gasteiger partial charge on any atom is 0.270 e. The van der Waals surface area contributed by atoms with Crippen LogP contribution < -0.4 is 4.90 Å². The smallest absolute Gasteiger partial charge is 0.270 e. The molecule has 8 nitrogen and oxygen atoms in total. The van der Waals surface area contributed by atoms with Gasteiger partial charge in [0.1, 0.15) is 0 Å². The van der Waals surface area contributed by atoms with Gasteiger partial charge >= 0.3 is 0 Å². The minimum Gasteiger partial charge on any atom is -0.283 e. The zero-order valence-electron chi connectivity index (χ0n) is 17.6. The van der Waals surface area contributed by atoms with Crippen LogP contribution in [0.5, 0.6) is 0 Å². The fourth-order valence-corrected chi connectivity index (χ4v) is 4.37. The van der Waals surface area contributed by atoms with Crippen molar-refractivity contribution in [2.75, 3.05) is 11.4 Å². The highest BCUT2D eigenvalue weighted by Gasteiger charge is 2.18. The second-order valence-corrected chi connectivity index (χ2v) is 8.30. The first-order valence-corrected chi connectivity index (χ1v) is 10.8. The molecule has 0 spiro atoms. The number of aryl methyl sites for hydroxylation is 2. The molecule has 0 saturated heterocycles. The van der Waals surface area contributed by atoms with Gasteiger partial charge in [-0.2, -0.15) is 5.10 Å². The van der Waals surface area contributed by atoms with E-state index in [-0.39, 0.29) is 11.6 Å². The Morgan fingerprint density at radius 3 is 2.72 bits per heavy atom. The summed E-state index contributed by atoms with van der Waals surface area (Å²) in [7, 11) is 0. The number of amides is 1. The number of fused-ring (bicyclic) bond motifs is 1. The number of para-hydroxylation sites is 1.